The number of aliphatic hydroxyl groups is 1. The van der Waals surface area contributed by atoms with Crippen LogP contribution in [-0.4, -0.2) is 53.6 Å². The average Bonchev–Trinajstić information content (AvgIpc) is 3.44. The van der Waals surface area contributed by atoms with Crippen LogP contribution in [-0.2, 0) is 15.1 Å². The predicted octanol–water partition coefficient (Wildman–Crippen LogP) is 5.40. The van der Waals surface area contributed by atoms with Crippen molar-refractivity contribution in [1.29, 1.82) is 0 Å². The second-order valence-electron chi connectivity index (χ2n) is 10.6. The number of quaternary nitrogens is 1. The minimum absolute atomic E-state index is 0.0540. The van der Waals surface area contributed by atoms with Crippen LogP contribution < -0.4 is 0 Å². The third-order valence-electron chi connectivity index (χ3n) is 8.56. The summed E-state index contributed by atoms with van der Waals surface area (Å²) in [7, 11) is 0. The number of carbonyl (C=O) groups excluding carboxylic acids is 1. The summed E-state index contributed by atoms with van der Waals surface area (Å²) < 4.78 is 7.31. The summed E-state index contributed by atoms with van der Waals surface area (Å²) in [5.74, 6) is 1.09. The van der Waals surface area contributed by atoms with Gasteiger partial charge in [0, 0.05) is 41.7 Å². The Morgan fingerprint density at radius 2 is 1.62 bits per heavy atom. The number of carbonyl (C=O) groups is 1. The number of benzene rings is 2. The van der Waals surface area contributed by atoms with Gasteiger partial charge in [-0.05, 0) is 30.5 Å². The van der Waals surface area contributed by atoms with Crippen LogP contribution in [0, 0.1) is 11.8 Å². The zero-order valence-electron chi connectivity index (χ0n) is 20.1. The van der Waals surface area contributed by atoms with Crippen LogP contribution in [0.5, 0.6) is 0 Å². The van der Waals surface area contributed by atoms with Gasteiger partial charge >= 0.3 is 5.97 Å². The summed E-state index contributed by atoms with van der Waals surface area (Å²) in [4.78, 5) is 15.0. The normalized spacial score (nSPS) is 28.5. The van der Waals surface area contributed by atoms with E-state index in [1.54, 1.807) is 0 Å². The highest BCUT2D eigenvalue weighted by molar-refractivity contribution is 7.99. The first-order chi connectivity index (χ1) is 16.6. The highest BCUT2D eigenvalue weighted by Crippen LogP contribution is 2.43. The largest absolute Gasteiger partial charge is 0.454 e. The van der Waals surface area contributed by atoms with Gasteiger partial charge in [-0.2, -0.15) is 0 Å². The van der Waals surface area contributed by atoms with Gasteiger partial charge in [0.25, 0.3) is 0 Å². The molecular formula is C29H38NO3S+. The van der Waals surface area contributed by atoms with Crippen molar-refractivity contribution < 1.29 is 19.1 Å². The van der Waals surface area contributed by atoms with Gasteiger partial charge in [-0.1, -0.05) is 61.4 Å². The van der Waals surface area contributed by atoms with Gasteiger partial charge < -0.3 is 14.3 Å². The van der Waals surface area contributed by atoms with Crippen LogP contribution >= 0.6 is 11.8 Å². The van der Waals surface area contributed by atoms with Gasteiger partial charge in [-0.3, -0.25) is 0 Å². The highest BCUT2D eigenvalue weighted by Gasteiger charge is 2.52. The Labute approximate surface area is 208 Å². The van der Waals surface area contributed by atoms with Crippen LogP contribution in [0.15, 0.2) is 65.6 Å². The van der Waals surface area contributed by atoms with E-state index in [9.17, 15) is 9.90 Å². The van der Waals surface area contributed by atoms with E-state index in [0.717, 1.165) is 61.9 Å². The Bertz CT molecular complexity index is 938. The van der Waals surface area contributed by atoms with Crippen molar-refractivity contribution in [3.63, 3.8) is 0 Å². The molecule has 2 bridgehead atoms. The van der Waals surface area contributed by atoms with E-state index in [1.807, 2.05) is 42.1 Å². The topological polar surface area (TPSA) is 46.5 Å². The molecule has 1 saturated carbocycles. The zero-order valence-corrected chi connectivity index (χ0v) is 20.9. The first-order valence-corrected chi connectivity index (χ1v) is 14.1. The van der Waals surface area contributed by atoms with Gasteiger partial charge in [0.2, 0.25) is 0 Å². The molecule has 182 valence electrons. The number of thioether (sulfide) groups is 1. The third kappa shape index (κ3) is 4.93. The summed E-state index contributed by atoms with van der Waals surface area (Å²) in [6, 6.07) is 20.1. The summed E-state index contributed by atoms with van der Waals surface area (Å²) >= 11 is 1.93. The second-order valence-corrected chi connectivity index (χ2v) is 11.8. The molecule has 1 aliphatic carbocycles. The Hall–Kier alpha value is -1.82. The molecule has 1 N–H and O–H groups in total. The first kappa shape index (κ1) is 23.9. The average molecular weight is 481 g/mol. The van der Waals surface area contributed by atoms with E-state index in [-0.39, 0.29) is 12.0 Å². The smallest absolute Gasteiger partial charge is 0.343 e. The third-order valence-corrected chi connectivity index (χ3v) is 9.66. The first-order valence-electron chi connectivity index (χ1n) is 13.1. The molecule has 0 unspecified atom stereocenters. The van der Waals surface area contributed by atoms with E-state index in [1.165, 1.54) is 24.4 Å². The fraction of sp³-hybridized carbons (Fsp3) is 0.552. The van der Waals surface area contributed by atoms with Crippen molar-refractivity contribution in [1.82, 2.24) is 0 Å². The lowest BCUT2D eigenvalue weighted by molar-refractivity contribution is -0.946. The van der Waals surface area contributed by atoms with Crippen LogP contribution in [0.4, 0.5) is 0 Å². The van der Waals surface area contributed by atoms with Crippen molar-refractivity contribution in [2.75, 3.05) is 31.9 Å². The molecule has 6 rings (SSSR count). The molecule has 3 saturated heterocycles. The molecule has 4 nitrogen and oxygen atoms in total. The van der Waals surface area contributed by atoms with E-state index in [4.69, 9.17) is 4.74 Å². The minimum atomic E-state index is -1.53. The predicted molar refractivity (Wildman–Crippen MR) is 136 cm³/mol. The van der Waals surface area contributed by atoms with E-state index in [2.05, 4.69) is 30.3 Å². The lowest BCUT2D eigenvalue weighted by Crippen LogP contribution is -2.65. The van der Waals surface area contributed by atoms with Crippen molar-refractivity contribution >= 4 is 17.7 Å². The maximum absolute atomic E-state index is 13.6. The van der Waals surface area contributed by atoms with Crippen molar-refractivity contribution in [3.8, 4) is 0 Å². The maximum Gasteiger partial charge on any atom is 0.343 e. The monoisotopic (exact) mass is 480 g/mol. The lowest BCUT2D eigenvalue weighted by Gasteiger charge is -2.52. The van der Waals surface area contributed by atoms with E-state index in [0.29, 0.717) is 11.5 Å². The zero-order chi connectivity index (χ0) is 23.4. The number of hydrogen-bond acceptors (Lipinski definition) is 4. The molecular weight excluding hydrogens is 442 g/mol. The Kier molecular flexibility index (Phi) is 7.33. The molecule has 0 radical (unpaired) electrons. The second kappa shape index (κ2) is 10.4. The van der Waals surface area contributed by atoms with Crippen LogP contribution in [0.3, 0.4) is 0 Å². The van der Waals surface area contributed by atoms with Gasteiger partial charge in [0.05, 0.1) is 19.6 Å². The number of esters is 1. The molecule has 0 amide bonds. The van der Waals surface area contributed by atoms with Crippen LogP contribution in [0.2, 0.25) is 0 Å². The molecule has 4 fully saturated rings. The van der Waals surface area contributed by atoms with Gasteiger partial charge in [0.15, 0.2) is 11.7 Å². The number of rotatable bonds is 9. The maximum atomic E-state index is 13.6. The van der Waals surface area contributed by atoms with E-state index >= 15 is 0 Å². The minimum Gasteiger partial charge on any atom is -0.454 e. The quantitative estimate of drug-likeness (QED) is 0.226. The summed E-state index contributed by atoms with van der Waals surface area (Å²) in [6.45, 7) is 4.44. The van der Waals surface area contributed by atoms with Crippen LogP contribution in [0.1, 0.15) is 50.5 Å². The standard InChI is InChI=1S/C29H38NO3S/c31-28(29(32,25-12-7-8-13-25)24-10-3-1-4-11-24)33-27-22-30(19-16-23(27)17-20-30)18-9-21-34-26-14-5-2-6-15-26/h1-6,10-11,14-15,23,25,27,32H,7-9,12-13,16-22H2/q+1/t23?,27-,29-,30?/m0/s1. The van der Waals surface area contributed by atoms with Crippen molar-refractivity contribution in [3.05, 3.63) is 66.2 Å². The number of hydrogen-bond donors (Lipinski definition) is 1. The SMILES string of the molecule is O=C(O[C@H]1C[N+]2(CCCSc3ccccc3)CCC1CC2)[C@](O)(c1ccccc1)C1CCCC1. The molecule has 0 spiro atoms. The number of ether oxygens (including phenoxy) is 1. The van der Waals surface area contributed by atoms with Crippen molar-refractivity contribution in [2.45, 2.75) is 61.5 Å². The Morgan fingerprint density at radius 1 is 0.971 bits per heavy atom. The molecule has 5 heteroatoms. The fourth-order valence-corrected chi connectivity index (χ4v) is 7.42. The summed E-state index contributed by atoms with van der Waals surface area (Å²) in [5, 5.41) is 11.8. The molecule has 2 aromatic carbocycles. The summed E-state index contributed by atoms with van der Waals surface area (Å²) in [5.41, 5.74) is -0.837. The lowest BCUT2D eigenvalue weighted by atomic mass is 9.79. The number of piperidine rings is 3. The molecule has 2 atom stereocenters. The van der Waals surface area contributed by atoms with Gasteiger partial charge in [0.1, 0.15) is 6.54 Å². The van der Waals surface area contributed by atoms with Gasteiger partial charge in [-0.15, -0.1) is 11.8 Å². The van der Waals surface area contributed by atoms with Gasteiger partial charge in [-0.25, -0.2) is 4.79 Å². The molecule has 4 aliphatic rings. The number of nitrogens with zero attached hydrogens (tertiary/aromatic N) is 1. The molecule has 34 heavy (non-hydrogen) atoms. The molecule has 2 aromatic rings. The fourth-order valence-electron chi connectivity index (χ4n) is 6.56. The Morgan fingerprint density at radius 3 is 2.29 bits per heavy atom. The molecule has 3 heterocycles. The Balaban J connectivity index is 1.23. The molecule has 0 aromatic heterocycles. The number of fused-ring (bicyclic) bond motifs is 3. The van der Waals surface area contributed by atoms with E-state index < -0.39 is 11.6 Å². The molecule has 3 aliphatic heterocycles. The van der Waals surface area contributed by atoms with Crippen molar-refractivity contribution in [2.24, 2.45) is 11.8 Å². The van der Waals surface area contributed by atoms with Crippen LogP contribution in [0.25, 0.3) is 0 Å². The highest BCUT2D eigenvalue weighted by atomic mass is 32.2. The summed E-state index contributed by atoms with van der Waals surface area (Å²) in [6.07, 6.45) is 7.24.